The molecule has 0 aliphatic carbocycles. The predicted molar refractivity (Wildman–Crippen MR) is 66.3 cm³/mol. The standard InChI is InChI=1S/C14H12N2/c1-10-4-6-15-13(8-10)12-3-2-11-5-7-16-14(11)9-12/h2-9,16H,1H3. The van der Waals surface area contributed by atoms with Gasteiger partial charge in [0.05, 0.1) is 5.69 Å². The van der Waals surface area contributed by atoms with Crippen molar-refractivity contribution in [1.29, 1.82) is 0 Å². The van der Waals surface area contributed by atoms with Gasteiger partial charge in [0, 0.05) is 23.5 Å². The van der Waals surface area contributed by atoms with Crippen LogP contribution >= 0.6 is 0 Å². The van der Waals surface area contributed by atoms with Gasteiger partial charge in [-0.15, -0.1) is 0 Å². The third-order valence-electron chi connectivity index (χ3n) is 2.77. The number of aromatic amines is 1. The Morgan fingerprint density at radius 1 is 1.06 bits per heavy atom. The van der Waals surface area contributed by atoms with Gasteiger partial charge < -0.3 is 4.98 Å². The highest BCUT2D eigenvalue weighted by Gasteiger charge is 2.01. The molecular formula is C14H12N2. The number of benzene rings is 1. The molecule has 0 fully saturated rings. The van der Waals surface area contributed by atoms with Gasteiger partial charge in [0.2, 0.25) is 0 Å². The van der Waals surface area contributed by atoms with Crippen LogP contribution in [-0.2, 0) is 0 Å². The quantitative estimate of drug-likeness (QED) is 0.651. The van der Waals surface area contributed by atoms with E-state index in [1.54, 1.807) is 0 Å². The smallest absolute Gasteiger partial charge is 0.0705 e. The monoisotopic (exact) mass is 208 g/mol. The molecule has 0 unspecified atom stereocenters. The molecule has 3 rings (SSSR count). The zero-order chi connectivity index (χ0) is 11.0. The summed E-state index contributed by atoms with van der Waals surface area (Å²) in [5.74, 6) is 0. The number of aryl methyl sites for hydroxylation is 1. The van der Waals surface area contributed by atoms with Crippen molar-refractivity contribution < 1.29 is 0 Å². The number of nitrogens with one attached hydrogen (secondary N) is 1. The molecule has 2 heterocycles. The average molecular weight is 208 g/mol. The zero-order valence-corrected chi connectivity index (χ0v) is 9.07. The van der Waals surface area contributed by atoms with Crippen LogP contribution in [0.2, 0.25) is 0 Å². The number of aromatic nitrogens is 2. The first-order valence-electron chi connectivity index (χ1n) is 5.33. The number of pyridine rings is 1. The van der Waals surface area contributed by atoms with Gasteiger partial charge in [0.15, 0.2) is 0 Å². The second-order valence-corrected chi connectivity index (χ2v) is 4.00. The largest absolute Gasteiger partial charge is 0.361 e. The first-order chi connectivity index (χ1) is 7.83. The molecule has 0 aliphatic heterocycles. The van der Waals surface area contributed by atoms with Crippen molar-refractivity contribution in [3.8, 4) is 11.3 Å². The van der Waals surface area contributed by atoms with E-state index in [0.717, 1.165) is 16.8 Å². The van der Waals surface area contributed by atoms with Crippen LogP contribution in [0.4, 0.5) is 0 Å². The van der Waals surface area contributed by atoms with E-state index in [1.165, 1.54) is 10.9 Å². The summed E-state index contributed by atoms with van der Waals surface area (Å²) in [5.41, 5.74) is 4.56. The average Bonchev–Trinajstić information content (AvgIpc) is 2.75. The number of fused-ring (bicyclic) bond motifs is 1. The third kappa shape index (κ3) is 1.48. The minimum atomic E-state index is 1.02. The van der Waals surface area contributed by atoms with Crippen LogP contribution < -0.4 is 0 Å². The Morgan fingerprint density at radius 2 is 2.00 bits per heavy atom. The summed E-state index contributed by atoms with van der Waals surface area (Å²) in [6, 6.07) is 12.5. The second kappa shape index (κ2) is 3.49. The van der Waals surface area contributed by atoms with Crippen molar-refractivity contribution in [3.05, 3.63) is 54.4 Å². The molecule has 0 atom stereocenters. The van der Waals surface area contributed by atoms with E-state index >= 15 is 0 Å². The van der Waals surface area contributed by atoms with Crippen LogP contribution in [0.15, 0.2) is 48.8 Å². The van der Waals surface area contributed by atoms with Gasteiger partial charge in [-0.1, -0.05) is 12.1 Å². The Labute approximate surface area is 94.0 Å². The molecule has 0 amide bonds. The molecule has 0 saturated heterocycles. The SMILES string of the molecule is Cc1ccnc(-c2ccc3cc[nH]c3c2)c1. The van der Waals surface area contributed by atoms with Crippen molar-refractivity contribution in [1.82, 2.24) is 9.97 Å². The van der Waals surface area contributed by atoms with E-state index in [9.17, 15) is 0 Å². The van der Waals surface area contributed by atoms with E-state index < -0.39 is 0 Å². The maximum absolute atomic E-state index is 4.39. The lowest BCUT2D eigenvalue weighted by Gasteiger charge is -2.02. The van der Waals surface area contributed by atoms with Crippen molar-refractivity contribution in [2.24, 2.45) is 0 Å². The van der Waals surface area contributed by atoms with Gasteiger partial charge in [-0.2, -0.15) is 0 Å². The van der Waals surface area contributed by atoms with E-state index in [1.807, 2.05) is 18.5 Å². The van der Waals surface area contributed by atoms with Crippen molar-refractivity contribution in [3.63, 3.8) is 0 Å². The fourth-order valence-corrected chi connectivity index (χ4v) is 1.90. The second-order valence-electron chi connectivity index (χ2n) is 4.00. The van der Waals surface area contributed by atoms with Crippen LogP contribution in [0, 0.1) is 6.92 Å². The molecule has 0 aliphatic rings. The summed E-state index contributed by atoms with van der Waals surface area (Å²) in [5, 5.41) is 1.23. The maximum Gasteiger partial charge on any atom is 0.0705 e. The Balaban J connectivity index is 2.18. The summed E-state index contributed by atoms with van der Waals surface area (Å²) in [6.45, 7) is 2.08. The number of hydrogen-bond donors (Lipinski definition) is 1. The fraction of sp³-hybridized carbons (Fsp3) is 0.0714. The molecule has 1 N–H and O–H groups in total. The Kier molecular flexibility index (Phi) is 2.00. The molecule has 2 nitrogen and oxygen atoms in total. The molecule has 78 valence electrons. The molecule has 0 bridgehead atoms. The van der Waals surface area contributed by atoms with Gasteiger partial charge in [-0.25, -0.2) is 0 Å². The summed E-state index contributed by atoms with van der Waals surface area (Å²) in [4.78, 5) is 7.60. The van der Waals surface area contributed by atoms with Gasteiger partial charge in [0.25, 0.3) is 0 Å². The first-order valence-corrected chi connectivity index (χ1v) is 5.33. The normalized spacial score (nSPS) is 10.8. The van der Waals surface area contributed by atoms with Crippen LogP contribution in [0.3, 0.4) is 0 Å². The minimum Gasteiger partial charge on any atom is -0.361 e. The predicted octanol–water partition coefficient (Wildman–Crippen LogP) is 3.54. The topological polar surface area (TPSA) is 28.7 Å². The lowest BCUT2D eigenvalue weighted by Crippen LogP contribution is -1.84. The molecule has 2 aromatic heterocycles. The molecule has 0 radical (unpaired) electrons. The highest BCUT2D eigenvalue weighted by atomic mass is 14.7. The van der Waals surface area contributed by atoms with E-state index in [-0.39, 0.29) is 0 Å². The van der Waals surface area contributed by atoms with E-state index in [4.69, 9.17) is 0 Å². The number of nitrogens with zero attached hydrogens (tertiary/aromatic N) is 1. The maximum atomic E-state index is 4.39. The Morgan fingerprint density at radius 3 is 2.88 bits per heavy atom. The molecule has 1 aromatic carbocycles. The summed E-state index contributed by atoms with van der Waals surface area (Å²) >= 11 is 0. The molecule has 0 saturated carbocycles. The lowest BCUT2D eigenvalue weighted by atomic mass is 10.1. The highest BCUT2D eigenvalue weighted by Crippen LogP contribution is 2.22. The molecule has 0 spiro atoms. The van der Waals surface area contributed by atoms with Gasteiger partial charge in [0.1, 0.15) is 0 Å². The Hall–Kier alpha value is -2.09. The highest BCUT2D eigenvalue weighted by molar-refractivity contribution is 5.84. The number of hydrogen-bond acceptors (Lipinski definition) is 1. The summed E-state index contributed by atoms with van der Waals surface area (Å²) in [6.07, 6.45) is 3.81. The van der Waals surface area contributed by atoms with Crippen molar-refractivity contribution in [2.75, 3.05) is 0 Å². The molecule has 16 heavy (non-hydrogen) atoms. The van der Waals surface area contributed by atoms with E-state index in [0.29, 0.717) is 0 Å². The van der Waals surface area contributed by atoms with Crippen LogP contribution in [0.25, 0.3) is 22.2 Å². The summed E-state index contributed by atoms with van der Waals surface area (Å²) in [7, 11) is 0. The third-order valence-corrected chi connectivity index (χ3v) is 2.77. The Bertz CT molecular complexity index is 638. The fourth-order valence-electron chi connectivity index (χ4n) is 1.90. The van der Waals surface area contributed by atoms with Crippen molar-refractivity contribution in [2.45, 2.75) is 6.92 Å². The van der Waals surface area contributed by atoms with Crippen LogP contribution in [0.1, 0.15) is 5.56 Å². The number of rotatable bonds is 1. The first kappa shape index (κ1) is 9.16. The molecule has 2 heteroatoms. The van der Waals surface area contributed by atoms with E-state index in [2.05, 4.69) is 47.2 Å². The molecular weight excluding hydrogens is 196 g/mol. The zero-order valence-electron chi connectivity index (χ0n) is 9.07. The minimum absolute atomic E-state index is 1.02. The molecule has 3 aromatic rings. The summed E-state index contributed by atoms with van der Waals surface area (Å²) < 4.78 is 0. The van der Waals surface area contributed by atoms with Crippen LogP contribution in [-0.4, -0.2) is 9.97 Å². The lowest BCUT2D eigenvalue weighted by molar-refractivity contribution is 1.29. The van der Waals surface area contributed by atoms with Gasteiger partial charge >= 0.3 is 0 Å². The van der Waals surface area contributed by atoms with Crippen molar-refractivity contribution >= 4 is 10.9 Å². The van der Waals surface area contributed by atoms with Gasteiger partial charge in [-0.05, 0) is 42.1 Å². The van der Waals surface area contributed by atoms with Crippen LogP contribution in [0.5, 0.6) is 0 Å². The number of H-pyrrole nitrogens is 1. The van der Waals surface area contributed by atoms with Gasteiger partial charge in [-0.3, -0.25) is 4.98 Å².